The largest absolute Gasteiger partial charge is 0.485 e. The highest BCUT2D eigenvalue weighted by Crippen LogP contribution is 2.26. The summed E-state index contributed by atoms with van der Waals surface area (Å²) in [5, 5.41) is 3.84. The molecular weight excluding hydrogens is 264 g/mol. The van der Waals surface area contributed by atoms with E-state index in [1.54, 1.807) is 6.07 Å². The van der Waals surface area contributed by atoms with Gasteiger partial charge in [0, 0.05) is 6.04 Å². The van der Waals surface area contributed by atoms with E-state index in [9.17, 15) is 4.79 Å². The molecule has 4 nitrogen and oxygen atoms in total. The van der Waals surface area contributed by atoms with Gasteiger partial charge >= 0.3 is 0 Å². The quantitative estimate of drug-likeness (QED) is 0.892. The fourth-order valence-electron chi connectivity index (χ4n) is 2.07. The SMILES string of the molecule is O=C(CNC1CC1)N1CC(Oc2ccccc2Cl)C1. The third kappa shape index (κ3) is 3.19. The van der Waals surface area contributed by atoms with E-state index in [1.165, 1.54) is 12.8 Å². The lowest BCUT2D eigenvalue weighted by Gasteiger charge is -2.39. The van der Waals surface area contributed by atoms with Crippen molar-refractivity contribution in [3.8, 4) is 5.75 Å². The molecule has 1 saturated carbocycles. The van der Waals surface area contributed by atoms with E-state index in [0.29, 0.717) is 36.4 Å². The lowest BCUT2D eigenvalue weighted by molar-refractivity contribution is -0.139. The third-order valence-corrected chi connectivity index (χ3v) is 3.76. The smallest absolute Gasteiger partial charge is 0.236 e. The highest BCUT2D eigenvalue weighted by molar-refractivity contribution is 6.32. The van der Waals surface area contributed by atoms with Gasteiger partial charge in [-0.3, -0.25) is 4.79 Å². The average molecular weight is 281 g/mol. The fourth-order valence-corrected chi connectivity index (χ4v) is 2.25. The van der Waals surface area contributed by atoms with Gasteiger partial charge in [0.25, 0.3) is 0 Å². The van der Waals surface area contributed by atoms with E-state index in [1.807, 2.05) is 23.1 Å². The first-order chi connectivity index (χ1) is 9.22. The Balaban J connectivity index is 1.42. The molecule has 19 heavy (non-hydrogen) atoms. The highest BCUT2D eigenvalue weighted by Gasteiger charge is 2.33. The van der Waals surface area contributed by atoms with Crippen LogP contribution in [-0.4, -0.2) is 42.6 Å². The van der Waals surface area contributed by atoms with Crippen LogP contribution < -0.4 is 10.1 Å². The number of nitrogens with one attached hydrogen (secondary N) is 1. The summed E-state index contributed by atoms with van der Waals surface area (Å²) >= 11 is 6.02. The number of carbonyl (C=O) groups excluding carboxylic acids is 1. The van der Waals surface area contributed by atoms with E-state index in [4.69, 9.17) is 16.3 Å². The maximum Gasteiger partial charge on any atom is 0.236 e. The zero-order valence-electron chi connectivity index (χ0n) is 10.6. The predicted octanol–water partition coefficient (Wildman–Crippen LogP) is 1.68. The summed E-state index contributed by atoms with van der Waals surface area (Å²) in [7, 11) is 0. The summed E-state index contributed by atoms with van der Waals surface area (Å²) in [6.45, 7) is 1.75. The normalized spacial score (nSPS) is 19.1. The molecule has 1 saturated heterocycles. The molecule has 1 N–H and O–H groups in total. The van der Waals surface area contributed by atoms with Crippen LogP contribution in [0.3, 0.4) is 0 Å². The highest BCUT2D eigenvalue weighted by atomic mass is 35.5. The summed E-state index contributed by atoms with van der Waals surface area (Å²) in [6, 6.07) is 7.98. The summed E-state index contributed by atoms with van der Waals surface area (Å²) in [5.41, 5.74) is 0. The van der Waals surface area contributed by atoms with Gasteiger partial charge in [-0.15, -0.1) is 0 Å². The van der Waals surface area contributed by atoms with Gasteiger partial charge in [-0.2, -0.15) is 0 Å². The molecule has 1 aliphatic carbocycles. The van der Waals surface area contributed by atoms with E-state index < -0.39 is 0 Å². The second-order valence-corrected chi connectivity index (χ2v) is 5.53. The van der Waals surface area contributed by atoms with E-state index in [0.717, 1.165) is 0 Å². The van der Waals surface area contributed by atoms with E-state index >= 15 is 0 Å². The number of benzene rings is 1. The Morgan fingerprint density at radius 2 is 2.11 bits per heavy atom. The van der Waals surface area contributed by atoms with Gasteiger partial charge < -0.3 is 15.0 Å². The first-order valence-electron chi connectivity index (χ1n) is 6.65. The van der Waals surface area contributed by atoms with Crippen molar-refractivity contribution in [2.75, 3.05) is 19.6 Å². The number of carbonyl (C=O) groups is 1. The van der Waals surface area contributed by atoms with Gasteiger partial charge in [0.15, 0.2) is 0 Å². The number of likely N-dealkylation sites (tertiary alicyclic amines) is 1. The fraction of sp³-hybridized carbons (Fsp3) is 0.500. The first-order valence-corrected chi connectivity index (χ1v) is 7.02. The molecule has 0 unspecified atom stereocenters. The molecule has 0 spiro atoms. The second kappa shape index (κ2) is 5.39. The minimum Gasteiger partial charge on any atom is -0.485 e. The number of ether oxygens (including phenoxy) is 1. The number of nitrogens with zero attached hydrogens (tertiary/aromatic N) is 1. The maximum absolute atomic E-state index is 11.8. The first kappa shape index (κ1) is 12.8. The molecule has 0 bridgehead atoms. The molecule has 0 radical (unpaired) electrons. The topological polar surface area (TPSA) is 41.6 Å². The summed E-state index contributed by atoms with van der Waals surface area (Å²) in [4.78, 5) is 13.6. The Bertz CT molecular complexity index is 470. The van der Waals surface area contributed by atoms with Crippen molar-refractivity contribution in [2.24, 2.45) is 0 Å². The molecule has 2 fully saturated rings. The number of amides is 1. The molecule has 1 aliphatic heterocycles. The molecule has 1 heterocycles. The van der Waals surface area contributed by atoms with Crippen molar-refractivity contribution in [1.29, 1.82) is 0 Å². The van der Waals surface area contributed by atoms with Crippen LogP contribution in [0.25, 0.3) is 0 Å². The molecule has 0 aromatic heterocycles. The number of para-hydroxylation sites is 1. The van der Waals surface area contributed by atoms with Crippen LogP contribution >= 0.6 is 11.6 Å². The van der Waals surface area contributed by atoms with Gasteiger partial charge in [-0.25, -0.2) is 0 Å². The summed E-state index contributed by atoms with van der Waals surface area (Å²) < 4.78 is 5.75. The van der Waals surface area contributed by atoms with Crippen LogP contribution in [0.15, 0.2) is 24.3 Å². The van der Waals surface area contributed by atoms with Crippen molar-refractivity contribution in [3.63, 3.8) is 0 Å². The molecule has 3 rings (SSSR count). The van der Waals surface area contributed by atoms with Crippen LogP contribution in [0, 0.1) is 0 Å². The minimum absolute atomic E-state index is 0.0600. The van der Waals surface area contributed by atoms with Crippen LogP contribution in [0.5, 0.6) is 5.75 Å². The van der Waals surface area contributed by atoms with Crippen molar-refractivity contribution in [3.05, 3.63) is 29.3 Å². The lowest BCUT2D eigenvalue weighted by Crippen LogP contribution is -2.58. The molecule has 102 valence electrons. The average Bonchev–Trinajstić information content (AvgIpc) is 3.16. The monoisotopic (exact) mass is 280 g/mol. The van der Waals surface area contributed by atoms with Gasteiger partial charge in [-0.05, 0) is 25.0 Å². The Morgan fingerprint density at radius 1 is 1.37 bits per heavy atom. The Hall–Kier alpha value is -1.26. The molecular formula is C14H17ClN2O2. The van der Waals surface area contributed by atoms with Gasteiger partial charge in [0.05, 0.1) is 24.7 Å². The van der Waals surface area contributed by atoms with Gasteiger partial charge in [-0.1, -0.05) is 23.7 Å². The van der Waals surface area contributed by atoms with Crippen molar-refractivity contribution < 1.29 is 9.53 Å². The number of halogens is 1. The van der Waals surface area contributed by atoms with E-state index in [2.05, 4.69) is 5.32 Å². The molecule has 0 atom stereocenters. The minimum atomic E-state index is 0.0600. The maximum atomic E-state index is 11.8. The van der Waals surface area contributed by atoms with Crippen molar-refractivity contribution in [1.82, 2.24) is 10.2 Å². The van der Waals surface area contributed by atoms with Crippen LogP contribution in [0.4, 0.5) is 0 Å². The molecule has 5 heteroatoms. The lowest BCUT2D eigenvalue weighted by atomic mass is 10.1. The summed E-state index contributed by atoms with van der Waals surface area (Å²) in [6.07, 6.45) is 2.46. The Kier molecular flexibility index (Phi) is 3.62. The van der Waals surface area contributed by atoms with Crippen LogP contribution in [-0.2, 0) is 4.79 Å². The van der Waals surface area contributed by atoms with Crippen molar-refractivity contribution in [2.45, 2.75) is 25.0 Å². The van der Waals surface area contributed by atoms with Gasteiger partial charge in [0.2, 0.25) is 5.91 Å². The third-order valence-electron chi connectivity index (χ3n) is 3.45. The number of hydrogen-bond donors (Lipinski definition) is 1. The van der Waals surface area contributed by atoms with Crippen LogP contribution in [0.2, 0.25) is 5.02 Å². The zero-order valence-corrected chi connectivity index (χ0v) is 11.4. The zero-order chi connectivity index (χ0) is 13.2. The summed E-state index contributed by atoms with van der Waals surface area (Å²) in [5.74, 6) is 0.850. The molecule has 2 aliphatic rings. The van der Waals surface area contributed by atoms with E-state index in [-0.39, 0.29) is 12.0 Å². The number of hydrogen-bond acceptors (Lipinski definition) is 3. The standard InChI is InChI=1S/C14H17ClN2O2/c15-12-3-1-2-4-13(12)19-11-8-17(9-11)14(18)7-16-10-5-6-10/h1-4,10-11,16H,5-9H2. The molecule has 1 amide bonds. The molecule has 1 aromatic rings. The van der Waals surface area contributed by atoms with Crippen molar-refractivity contribution >= 4 is 17.5 Å². The van der Waals surface area contributed by atoms with Gasteiger partial charge in [0.1, 0.15) is 11.9 Å². The Morgan fingerprint density at radius 3 is 2.79 bits per heavy atom. The second-order valence-electron chi connectivity index (χ2n) is 5.12. The van der Waals surface area contributed by atoms with Crippen LogP contribution in [0.1, 0.15) is 12.8 Å². The predicted molar refractivity (Wildman–Crippen MR) is 73.5 cm³/mol. The Labute approximate surface area is 117 Å². The number of rotatable bonds is 5. The molecule has 1 aromatic carbocycles.